The topological polar surface area (TPSA) is 0 Å². The van der Waals surface area contributed by atoms with Crippen molar-refractivity contribution in [1.29, 1.82) is 0 Å². The summed E-state index contributed by atoms with van der Waals surface area (Å²) < 4.78 is 0. The van der Waals surface area contributed by atoms with Gasteiger partial charge in [-0.05, 0) is 31.1 Å². The third-order valence-corrected chi connectivity index (χ3v) is 3.43. The fourth-order valence-electron chi connectivity index (χ4n) is 2.28. The molecule has 0 aromatic rings. The lowest BCUT2D eigenvalue weighted by atomic mass is 9.75. The van der Waals surface area contributed by atoms with Crippen molar-refractivity contribution >= 4 is 0 Å². The summed E-state index contributed by atoms with van der Waals surface area (Å²) in [5.74, 6) is 8.79. The van der Waals surface area contributed by atoms with E-state index in [-0.39, 0.29) is 5.41 Å². The Morgan fingerprint density at radius 1 is 0.824 bits per heavy atom. The predicted octanol–water partition coefficient (Wildman–Crippen LogP) is 5.18. The Hall–Kier alpha value is -0.880. The molecule has 0 aliphatic rings. The molecule has 0 aromatic carbocycles. The molecule has 0 aliphatic heterocycles. The third kappa shape index (κ3) is 7.12. The molecule has 17 heavy (non-hydrogen) atoms. The smallest absolute Gasteiger partial charge is 0.0325 e. The zero-order valence-electron chi connectivity index (χ0n) is 11.9. The van der Waals surface area contributed by atoms with Crippen LogP contribution < -0.4 is 0 Å². The summed E-state index contributed by atoms with van der Waals surface area (Å²) in [5, 5.41) is 0. The molecule has 0 bridgehead atoms. The van der Waals surface area contributed by atoms with Crippen LogP contribution in [0.2, 0.25) is 0 Å². The highest BCUT2D eigenvalue weighted by Gasteiger charge is 2.25. The normalized spacial score (nSPS) is 10.5. The number of terminal acetylenes is 1. The summed E-state index contributed by atoms with van der Waals surface area (Å²) in [5.41, 5.74) is 0.203. The molecule has 0 fully saturated rings. The van der Waals surface area contributed by atoms with Gasteiger partial charge in [0.25, 0.3) is 0 Å². The molecule has 0 spiro atoms. The van der Waals surface area contributed by atoms with Crippen molar-refractivity contribution in [3.63, 3.8) is 0 Å². The summed E-state index contributed by atoms with van der Waals surface area (Å²) in [6.45, 7) is 6.75. The monoisotopic (exact) mass is 232 g/mol. The number of rotatable bonds is 9. The second-order valence-electron chi connectivity index (χ2n) is 4.99. The van der Waals surface area contributed by atoms with Gasteiger partial charge < -0.3 is 0 Å². The van der Waals surface area contributed by atoms with Crippen LogP contribution in [0.1, 0.15) is 78.6 Å². The van der Waals surface area contributed by atoms with Gasteiger partial charge in [0.15, 0.2) is 0 Å². The number of unbranched alkanes of at least 4 members (excludes halogenated alkanes) is 3. The SMILES string of the molecule is C#CC#CC(CCCC)(CCCC)CCCC. The Morgan fingerprint density at radius 3 is 1.53 bits per heavy atom. The Labute approximate surface area is 109 Å². The first kappa shape index (κ1) is 16.1. The molecule has 0 aliphatic carbocycles. The molecule has 0 unspecified atom stereocenters. The van der Waals surface area contributed by atoms with Gasteiger partial charge in [0.2, 0.25) is 0 Å². The maximum Gasteiger partial charge on any atom is 0.0325 e. The first-order chi connectivity index (χ1) is 8.24. The van der Waals surface area contributed by atoms with Crippen molar-refractivity contribution in [2.75, 3.05) is 0 Å². The van der Waals surface area contributed by atoms with E-state index in [0.717, 1.165) is 0 Å². The fourth-order valence-corrected chi connectivity index (χ4v) is 2.28. The molecule has 0 amide bonds. The van der Waals surface area contributed by atoms with Crippen molar-refractivity contribution < 1.29 is 0 Å². The predicted molar refractivity (Wildman–Crippen MR) is 77.6 cm³/mol. The largest absolute Gasteiger partial charge is 0.106 e. The molecule has 0 saturated carbocycles. The molecule has 0 N–H and O–H groups in total. The van der Waals surface area contributed by atoms with Gasteiger partial charge in [0, 0.05) is 5.41 Å². The lowest BCUT2D eigenvalue weighted by molar-refractivity contribution is 0.287. The molecular weight excluding hydrogens is 204 g/mol. The van der Waals surface area contributed by atoms with Crippen LogP contribution in [0.4, 0.5) is 0 Å². The van der Waals surface area contributed by atoms with Gasteiger partial charge >= 0.3 is 0 Å². The van der Waals surface area contributed by atoms with E-state index in [2.05, 4.69) is 38.5 Å². The molecule has 0 atom stereocenters. The van der Waals surface area contributed by atoms with Crippen LogP contribution in [0, 0.1) is 29.6 Å². The second-order valence-corrected chi connectivity index (χ2v) is 4.99. The van der Waals surface area contributed by atoms with E-state index in [1.54, 1.807) is 0 Å². The first-order valence-electron chi connectivity index (χ1n) is 7.22. The molecule has 0 saturated heterocycles. The number of hydrogen-bond acceptors (Lipinski definition) is 0. The van der Waals surface area contributed by atoms with Crippen LogP contribution in [0.25, 0.3) is 0 Å². The van der Waals surface area contributed by atoms with Crippen molar-refractivity contribution in [2.24, 2.45) is 5.41 Å². The summed E-state index contributed by atoms with van der Waals surface area (Å²) >= 11 is 0. The van der Waals surface area contributed by atoms with Crippen molar-refractivity contribution in [2.45, 2.75) is 78.6 Å². The lowest BCUT2D eigenvalue weighted by Gasteiger charge is -2.28. The van der Waals surface area contributed by atoms with E-state index in [1.165, 1.54) is 57.8 Å². The van der Waals surface area contributed by atoms with Crippen LogP contribution in [0.3, 0.4) is 0 Å². The summed E-state index contributed by atoms with van der Waals surface area (Å²) in [7, 11) is 0. The van der Waals surface area contributed by atoms with Gasteiger partial charge in [-0.3, -0.25) is 0 Å². The lowest BCUT2D eigenvalue weighted by Crippen LogP contribution is -2.19. The van der Waals surface area contributed by atoms with Gasteiger partial charge in [-0.2, -0.15) is 0 Å². The van der Waals surface area contributed by atoms with Crippen LogP contribution >= 0.6 is 0 Å². The Morgan fingerprint density at radius 2 is 1.24 bits per heavy atom. The van der Waals surface area contributed by atoms with Crippen LogP contribution in [-0.2, 0) is 0 Å². The van der Waals surface area contributed by atoms with E-state index in [9.17, 15) is 0 Å². The zero-order chi connectivity index (χ0) is 13.0. The summed E-state index contributed by atoms with van der Waals surface area (Å²) in [6, 6.07) is 0. The van der Waals surface area contributed by atoms with Gasteiger partial charge in [-0.25, -0.2) is 0 Å². The minimum atomic E-state index is 0.203. The van der Waals surface area contributed by atoms with E-state index in [1.807, 2.05) is 0 Å². The Kier molecular flexibility index (Phi) is 9.75. The molecule has 0 rings (SSSR count). The van der Waals surface area contributed by atoms with Gasteiger partial charge in [-0.1, -0.05) is 65.2 Å². The standard InChI is InChI=1S/C17H28/c1-5-9-13-17(14-10-6-2,15-11-7-3)16-12-8-4/h1H,6-8,10-12,14-16H2,2-4H3. The molecule has 0 nitrogen and oxygen atoms in total. The van der Waals surface area contributed by atoms with Crippen molar-refractivity contribution in [1.82, 2.24) is 0 Å². The second kappa shape index (κ2) is 10.3. The average Bonchev–Trinajstić information content (AvgIpc) is 2.37. The highest BCUT2D eigenvalue weighted by atomic mass is 14.3. The van der Waals surface area contributed by atoms with E-state index >= 15 is 0 Å². The molecule has 96 valence electrons. The van der Waals surface area contributed by atoms with Gasteiger partial charge in [-0.15, -0.1) is 6.42 Å². The highest BCUT2D eigenvalue weighted by molar-refractivity contribution is 5.26. The summed E-state index contributed by atoms with van der Waals surface area (Å²) in [4.78, 5) is 0. The summed E-state index contributed by atoms with van der Waals surface area (Å²) in [6.07, 6.45) is 16.5. The Balaban J connectivity index is 4.71. The van der Waals surface area contributed by atoms with Crippen LogP contribution in [-0.4, -0.2) is 0 Å². The molecule has 0 heteroatoms. The first-order valence-corrected chi connectivity index (χ1v) is 7.22. The van der Waals surface area contributed by atoms with Gasteiger partial charge in [0.1, 0.15) is 0 Å². The Bertz CT molecular complexity index is 247. The third-order valence-electron chi connectivity index (χ3n) is 3.43. The number of hydrogen-bond donors (Lipinski definition) is 0. The van der Waals surface area contributed by atoms with E-state index in [0.29, 0.717) is 0 Å². The average molecular weight is 232 g/mol. The van der Waals surface area contributed by atoms with E-state index < -0.39 is 0 Å². The molecule has 0 radical (unpaired) electrons. The fraction of sp³-hybridized carbons (Fsp3) is 0.765. The van der Waals surface area contributed by atoms with Crippen molar-refractivity contribution in [3.8, 4) is 24.2 Å². The quantitative estimate of drug-likeness (QED) is 0.480. The molecule has 0 heterocycles. The van der Waals surface area contributed by atoms with Crippen molar-refractivity contribution in [3.05, 3.63) is 0 Å². The minimum absolute atomic E-state index is 0.203. The highest BCUT2D eigenvalue weighted by Crippen LogP contribution is 2.35. The minimum Gasteiger partial charge on any atom is -0.106 e. The molecular formula is C17H28. The van der Waals surface area contributed by atoms with Gasteiger partial charge in [0.05, 0.1) is 0 Å². The zero-order valence-corrected chi connectivity index (χ0v) is 11.9. The van der Waals surface area contributed by atoms with Crippen LogP contribution in [0.15, 0.2) is 0 Å². The maximum absolute atomic E-state index is 5.30. The maximum atomic E-state index is 5.30. The van der Waals surface area contributed by atoms with Crippen LogP contribution in [0.5, 0.6) is 0 Å². The van der Waals surface area contributed by atoms with E-state index in [4.69, 9.17) is 6.42 Å². The molecule has 0 aromatic heterocycles.